The minimum absolute atomic E-state index is 0.141. The van der Waals surface area contributed by atoms with E-state index in [0.717, 1.165) is 0 Å². The number of nitrogens with one attached hydrogen (secondary N) is 1. The van der Waals surface area contributed by atoms with Crippen molar-refractivity contribution in [1.29, 1.82) is 0 Å². The summed E-state index contributed by atoms with van der Waals surface area (Å²) in [6.45, 7) is 3.11. The highest BCUT2D eigenvalue weighted by atomic mass is 35.5. The Morgan fingerprint density at radius 3 is 2.96 bits per heavy atom. The summed E-state index contributed by atoms with van der Waals surface area (Å²) in [4.78, 5) is 15.3. The van der Waals surface area contributed by atoms with Crippen LogP contribution in [0.1, 0.15) is 42.5 Å². The number of halogens is 1. The SMILES string of the molecule is O=C(NC[C@H]1CCCN2CCCC[C@H]12)c1cc(-n2cnnn2)ccc1Cl. The minimum Gasteiger partial charge on any atom is -0.352 e. The highest BCUT2D eigenvalue weighted by Gasteiger charge is 2.33. The number of piperidine rings is 2. The van der Waals surface area contributed by atoms with Crippen molar-refractivity contribution >= 4 is 17.5 Å². The van der Waals surface area contributed by atoms with Crippen LogP contribution in [-0.4, -0.2) is 56.7 Å². The second-order valence-electron chi connectivity index (χ2n) is 7.13. The molecule has 1 N–H and O–H groups in total. The van der Waals surface area contributed by atoms with Gasteiger partial charge in [0, 0.05) is 12.6 Å². The van der Waals surface area contributed by atoms with Crippen LogP contribution >= 0.6 is 11.6 Å². The molecule has 4 rings (SSSR count). The molecule has 1 amide bonds. The number of carbonyl (C=O) groups excluding carboxylic acids is 1. The van der Waals surface area contributed by atoms with E-state index in [1.54, 1.807) is 18.2 Å². The molecule has 2 aliphatic heterocycles. The molecule has 1 aromatic heterocycles. The van der Waals surface area contributed by atoms with Gasteiger partial charge in [-0.1, -0.05) is 18.0 Å². The van der Waals surface area contributed by atoms with E-state index < -0.39 is 0 Å². The maximum Gasteiger partial charge on any atom is 0.252 e. The van der Waals surface area contributed by atoms with Crippen LogP contribution in [0.25, 0.3) is 5.69 Å². The lowest BCUT2D eigenvalue weighted by atomic mass is 9.83. The van der Waals surface area contributed by atoms with Crippen molar-refractivity contribution in [3.05, 3.63) is 35.1 Å². The molecule has 2 atom stereocenters. The van der Waals surface area contributed by atoms with Gasteiger partial charge in [0.25, 0.3) is 5.91 Å². The summed E-state index contributed by atoms with van der Waals surface area (Å²) >= 11 is 6.25. The van der Waals surface area contributed by atoms with Gasteiger partial charge >= 0.3 is 0 Å². The number of carbonyl (C=O) groups is 1. The smallest absolute Gasteiger partial charge is 0.252 e. The van der Waals surface area contributed by atoms with Gasteiger partial charge in [-0.25, -0.2) is 4.68 Å². The van der Waals surface area contributed by atoms with Crippen LogP contribution in [0.15, 0.2) is 24.5 Å². The number of fused-ring (bicyclic) bond motifs is 1. The van der Waals surface area contributed by atoms with E-state index in [1.807, 2.05) is 0 Å². The molecule has 7 nitrogen and oxygen atoms in total. The Bertz CT molecular complexity index is 763. The van der Waals surface area contributed by atoms with E-state index in [9.17, 15) is 4.79 Å². The normalized spacial score (nSPS) is 23.4. The van der Waals surface area contributed by atoms with Gasteiger partial charge in [-0.3, -0.25) is 4.79 Å². The molecular weight excluding hydrogens is 352 g/mol. The molecule has 3 heterocycles. The lowest BCUT2D eigenvalue weighted by Crippen LogP contribution is -2.51. The zero-order valence-electron chi connectivity index (χ0n) is 14.6. The number of benzene rings is 1. The number of nitrogens with zero attached hydrogens (tertiary/aromatic N) is 5. The molecule has 0 aliphatic carbocycles. The highest BCUT2D eigenvalue weighted by Crippen LogP contribution is 2.30. The van der Waals surface area contributed by atoms with Crippen molar-refractivity contribution in [2.45, 2.75) is 38.1 Å². The lowest BCUT2D eigenvalue weighted by Gasteiger charge is -2.44. The Kier molecular flexibility index (Phi) is 5.17. The summed E-state index contributed by atoms with van der Waals surface area (Å²) in [7, 11) is 0. The number of aromatic nitrogens is 4. The Labute approximate surface area is 157 Å². The largest absolute Gasteiger partial charge is 0.352 e. The van der Waals surface area contributed by atoms with Gasteiger partial charge < -0.3 is 10.2 Å². The number of hydrogen-bond acceptors (Lipinski definition) is 5. The van der Waals surface area contributed by atoms with E-state index in [2.05, 4.69) is 25.7 Å². The van der Waals surface area contributed by atoms with Crippen LogP contribution in [0, 0.1) is 5.92 Å². The third kappa shape index (κ3) is 3.59. The van der Waals surface area contributed by atoms with E-state index in [0.29, 0.717) is 34.8 Å². The third-order valence-corrected chi connectivity index (χ3v) is 5.89. The zero-order valence-corrected chi connectivity index (χ0v) is 15.4. The molecule has 138 valence electrons. The molecule has 1 aromatic carbocycles. The standard InChI is InChI=1S/C18H23ClN6O/c19-16-7-6-14(25-12-21-22-23-25)10-15(16)18(26)20-11-13-4-3-9-24-8-2-1-5-17(13)24/h6-7,10,12-13,17H,1-5,8-9,11H2,(H,20,26)/t13-,17-/m1/s1. The van der Waals surface area contributed by atoms with Gasteiger partial charge in [0.15, 0.2) is 0 Å². The molecule has 2 fully saturated rings. The minimum atomic E-state index is -0.141. The molecule has 2 aliphatic rings. The molecule has 0 unspecified atom stereocenters. The first-order chi connectivity index (χ1) is 12.7. The average Bonchev–Trinajstić information content (AvgIpc) is 3.21. The lowest BCUT2D eigenvalue weighted by molar-refractivity contribution is 0.0575. The highest BCUT2D eigenvalue weighted by molar-refractivity contribution is 6.33. The topological polar surface area (TPSA) is 75.9 Å². The van der Waals surface area contributed by atoms with Crippen molar-refractivity contribution in [1.82, 2.24) is 30.4 Å². The summed E-state index contributed by atoms with van der Waals surface area (Å²) < 4.78 is 1.51. The molecular formula is C18H23ClN6O. The molecule has 2 saturated heterocycles. The fourth-order valence-corrected chi connectivity index (χ4v) is 4.45. The van der Waals surface area contributed by atoms with E-state index >= 15 is 0 Å². The number of hydrogen-bond donors (Lipinski definition) is 1. The summed E-state index contributed by atoms with van der Waals surface area (Å²) in [5.41, 5.74) is 1.16. The molecule has 0 spiro atoms. The molecule has 0 radical (unpaired) electrons. The van der Waals surface area contributed by atoms with Crippen molar-refractivity contribution < 1.29 is 4.79 Å². The molecule has 0 saturated carbocycles. The first-order valence-corrected chi connectivity index (χ1v) is 9.65. The van der Waals surface area contributed by atoms with E-state index in [4.69, 9.17) is 11.6 Å². The first kappa shape index (κ1) is 17.4. The quantitative estimate of drug-likeness (QED) is 0.888. The van der Waals surface area contributed by atoms with Gasteiger partial charge in [-0.2, -0.15) is 0 Å². The van der Waals surface area contributed by atoms with Crippen LogP contribution in [0.2, 0.25) is 5.02 Å². The van der Waals surface area contributed by atoms with Gasteiger partial charge in [0.05, 0.1) is 16.3 Å². The van der Waals surface area contributed by atoms with E-state index in [1.165, 1.54) is 56.2 Å². The molecule has 8 heteroatoms. The van der Waals surface area contributed by atoms with Crippen molar-refractivity contribution in [2.24, 2.45) is 5.92 Å². The summed E-state index contributed by atoms with van der Waals surface area (Å²) in [5, 5.41) is 14.6. The van der Waals surface area contributed by atoms with Gasteiger partial charge in [0.2, 0.25) is 0 Å². The Balaban J connectivity index is 1.44. The van der Waals surface area contributed by atoms with Crippen molar-refractivity contribution in [3.8, 4) is 5.69 Å². The van der Waals surface area contributed by atoms with Crippen LogP contribution in [0.3, 0.4) is 0 Å². The van der Waals surface area contributed by atoms with Crippen LogP contribution in [-0.2, 0) is 0 Å². The number of rotatable bonds is 4. The van der Waals surface area contributed by atoms with Gasteiger partial charge in [-0.15, -0.1) is 5.10 Å². The monoisotopic (exact) mass is 374 g/mol. The third-order valence-electron chi connectivity index (χ3n) is 5.56. The zero-order chi connectivity index (χ0) is 17.9. The average molecular weight is 375 g/mol. The Hall–Kier alpha value is -1.99. The summed E-state index contributed by atoms with van der Waals surface area (Å²) in [5.74, 6) is 0.382. The number of tetrazole rings is 1. The second-order valence-corrected chi connectivity index (χ2v) is 7.54. The summed E-state index contributed by atoms with van der Waals surface area (Å²) in [6, 6.07) is 5.83. The predicted molar refractivity (Wildman–Crippen MR) is 98.4 cm³/mol. The predicted octanol–water partition coefficient (Wildman–Crippen LogP) is 2.31. The van der Waals surface area contributed by atoms with Crippen LogP contribution < -0.4 is 5.32 Å². The Morgan fingerprint density at radius 2 is 2.12 bits per heavy atom. The Morgan fingerprint density at radius 1 is 1.23 bits per heavy atom. The second kappa shape index (κ2) is 7.72. The maximum atomic E-state index is 12.7. The number of amides is 1. The molecule has 2 aromatic rings. The van der Waals surface area contributed by atoms with Gasteiger partial charge in [-0.05, 0) is 73.3 Å². The van der Waals surface area contributed by atoms with Gasteiger partial charge in [0.1, 0.15) is 6.33 Å². The van der Waals surface area contributed by atoms with Crippen molar-refractivity contribution in [2.75, 3.05) is 19.6 Å². The van der Waals surface area contributed by atoms with Crippen molar-refractivity contribution in [3.63, 3.8) is 0 Å². The molecule has 26 heavy (non-hydrogen) atoms. The maximum absolute atomic E-state index is 12.7. The fraction of sp³-hybridized carbons (Fsp3) is 0.556. The van der Waals surface area contributed by atoms with Crippen LogP contribution in [0.4, 0.5) is 0 Å². The van der Waals surface area contributed by atoms with Crippen LogP contribution in [0.5, 0.6) is 0 Å². The fourth-order valence-electron chi connectivity index (χ4n) is 4.24. The molecule has 0 bridgehead atoms. The van der Waals surface area contributed by atoms with E-state index in [-0.39, 0.29) is 5.91 Å². The summed E-state index contributed by atoms with van der Waals surface area (Å²) in [6.07, 6.45) is 7.73. The first-order valence-electron chi connectivity index (χ1n) is 9.27.